The van der Waals surface area contributed by atoms with Crippen molar-refractivity contribution in [2.24, 2.45) is 0 Å². The Morgan fingerprint density at radius 1 is 1.27 bits per heavy atom. The van der Waals surface area contributed by atoms with E-state index in [1.807, 2.05) is 0 Å². The molecule has 0 amide bonds. The Labute approximate surface area is 87.8 Å². The molecule has 0 atom stereocenters. The predicted molar refractivity (Wildman–Crippen MR) is 52.2 cm³/mol. The summed E-state index contributed by atoms with van der Waals surface area (Å²) in [6, 6.07) is 3.80. The van der Waals surface area contributed by atoms with Crippen LogP contribution in [-0.4, -0.2) is 30.8 Å². The first-order valence-corrected chi connectivity index (χ1v) is 6.17. The van der Waals surface area contributed by atoms with Crippen LogP contribution in [0.25, 0.3) is 0 Å². The molecule has 0 N–H and O–H groups in total. The van der Waals surface area contributed by atoms with Crippen LogP contribution in [0.1, 0.15) is 12.8 Å². The Bertz CT molecular complexity index is 455. The summed E-state index contributed by atoms with van der Waals surface area (Å²) in [5, 5.41) is -0.204. The van der Waals surface area contributed by atoms with Gasteiger partial charge in [0.05, 0.1) is 0 Å². The average Bonchev–Trinajstić information content (AvgIpc) is 2.71. The zero-order valence-corrected chi connectivity index (χ0v) is 8.87. The molecule has 2 rings (SSSR count). The lowest BCUT2D eigenvalue weighted by atomic mass is 10.4. The molecule has 15 heavy (non-hydrogen) atoms. The fourth-order valence-corrected chi connectivity index (χ4v) is 3.05. The summed E-state index contributed by atoms with van der Waals surface area (Å²) >= 11 is 0. The Balaban J connectivity index is 2.36. The van der Waals surface area contributed by atoms with Crippen LogP contribution < -0.4 is 0 Å². The number of rotatable bonds is 2. The molecule has 0 bridgehead atoms. The van der Waals surface area contributed by atoms with Crippen molar-refractivity contribution in [3.8, 4) is 0 Å². The third-order valence-corrected chi connectivity index (χ3v) is 4.16. The van der Waals surface area contributed by atoms with Crippen LogP contribution in [-0.2, 0) is 10.0 Å². The maximum atomic E-state index is 12.8. The highest BCUT2D eigenvalue weighted by molar-refractivity contribution is 7.89. The van der Waals surface area contributed by atoms with Gasteiger partial charge in [0.1, 0.15) is 0 Å². The van der Waals surface area contributed by atoms with Crippen LogP contribution in [0, 0.1) is 5.95 Å². The highest BCUT2D eigenvalue weighted by atomic mass is 32.2. The number of nitrogens with zero attached hydrogens (tertiary/aromatic N) is 2. The minimum absolute atomic E-state index is 0.204. The summed E-state index contributed by atoms with van der Waals surface area (Å²) in [5.41, 5.74) is 0. The van der Waals surface area contributed by atoms with Gasteiger partial charge in [-0.05, 0) is 25.0 Å². The van der Waals surface area contributed by atoms with Gasteiger partial charge in [0, 0.05) is 13.1 Å². The SMILES string of the molecule is O=S(=O)(c1cccc(F)n1)N1CCCC1. The maximum Gasteiger partial charge on any atom is 0.260 e. The average molecular weight is 230 g/mol. The standard InChI is InChI=1S/C9H11FN2O2S/c10-8-4-3-5-9(11-8)15(13,14)12-6-1-2-7-12/h3-5H,1-2,6-7H2. The van der Waals surface area contributed by atoms with Gasteiger partial charge in [0.25, 0.3) is 10.0 Å². The molecule has 2 heterocycles. The van der Waals surface area contributed by atoms with E-state index in [2.05, 4.69) is 4.98 Å². The Morgan fingerprint density at radius 2 is 1.93 bits per heavy atom. The minimum Gasteiger partial charge on any atom is -0.206 e. The topological polar surface area (TPSA) is 50.3 Å². The molecule has 4 nitrogen and oxygen atoms in total. The van der Waals surface area contributed by atoms with Crippen molar-refractivity contribution in [1.82, 2.24) is 9.29 Å². The maximum absolute atomic E-state index is 12.8. The molecule has 1 aliphatic rings. The van der Waals surface area contributed by atoms with Gasteiger partial charge in [-0.1, -0.05) is 6.07 Å². The molecule has 0 saturated carbocycles. The van der Waals surface area contributed by atoms with E-state index >= 15 is 0 Å². The Hall–Kier alpha value is -1.01. The van der Waals surface area contributed by atoms with E-state index in [0.717, 1.165) is 18.9 Å². The van der Waals surface area contributed by atoms with E-state index in [-0.39, 0.29) is 5.03 Å². The zero-order chi connectivity index (χ0) is 10.9. The van der Waals surface area contributed by atoms with E-state index in [1.165, 1.54) is 16.4 Å². The summed E-state index contributed by atoms with van der Waals surface area (Å²) in [7, 11) is -3.58. The van der Waals surface area contributed by atoms with Crippen molar-refractivity contribution in [2.75, 3.05) is 13.1 Å². The monoisotopic (exact) mass is 230 g/mol. The third-order valence-electron chi connectivity index (χ3n) is 2.36. The van der Waals surface area contributed by atoms with Gasteiger partial charge < -0.3 is 0 Å². The van der Waals surface area contributed by atoms with Gasteiger partial charge in [-0.15, -0.1) is 0 Å². The van der Waals surface area contributed by atoms with Crippen LogP contribution in [0.5, 0.6) is 0 Å². The zero-order valence-electron chi connectivity index (χ0n) is 8.06. The van der Waals surface area contributed by atoms with Crippen LogP contribution in [0.15, 0.2) is 23.2 Å². The number of aromatic nitrogens is 1. The number of hydrogen-bond donors (Lipinski definition) is 0. The largest absolute Gasteiger partial charge is 0.260 e. The second-order valence-corrected chi connectivity index (χ2v) is 5.29. The van der Waals surface area contributed by atoms with Crippen molar-refractivity contribution < 1.29 is 12.8 Å². The normalized spacial score (nSPS) is 18.2. The second-order valence-electron chi connectivity index (χ2n) is 3.41. The van der Waals surface area contributed by atoms with Gasteiger partial charge in [0.2, 0.25) is 5.95 Å². The Morgan fingerprint density at radius 3 is 2.53 bits per heavy atom. The molecule has 0 spiro atoms. The number of pyridine rings is 1. The summed E-state index contributed by atoms with van der Waals surface area (Å²) in [6.45, 7) is 1.00. The summed E-state index contributed by atoms with van der Waals surface area (Å²) in [5.74, 6) is -0.768. The predicted octanol–water partition coefficient (Wildman–Crippen LogP) is 1.01. The fourth-order valence-electron chi connectivity index (χ4n) is 1.59. The second kappa shape index (κ2) is 3.86. The lowest BCUT2D eigenvalue weighted by Gasteiger charge is -2.14. The van der Waals surface area contributed by atoms with E-state index in [0.29, 0.717) is 13.1 Å². The molecule has 82 valence electrons. The van der Waals surface area contributed by atoms with Crippen molar-refractivity contribution >= 4 is 10.0 Å². The van der Waals surface area contributed by atoms with E-state index < -0.39 is 16.0 Å². The van der Waals surface area contributed by atoms with Crippen molar-refractivity contribution in [1.29, 1.82) is 0 Å². The molecule has 1 saturated heterocycles. The highest BCUT2D eigenvalue weighted by Gasteiger charge is 2.28. The number of hydrogen-bond acceptors (Lipinski definition) is 3. The molecule has 0 aliphatic carbocycles. The van der Waals surface area contributed by atoms with Crippen LogP contribution in [0.2, 0.25) is 0 Å². The highest BCUT2D eigenvalue weighted by Crippen LogP contribution is 2.18. The number of halogens is 1. The summed E-state index contributed by atoms with van der Waals surface area (Å²) in [4.78, 5) is 3.39. The van der Waals surface area contributed by atoms with Crippen LogP contribution in [0.3, 0.4) is 0 Å². The molecule has 0 aromatic carbocycles. The molecule has 0 radical (unpaired) electrons. The van der Waals surface area contributed by atoms with Gasteiger partial charge in [-0.2, -0.15) is 8.70 Å². The van der Waals surface area contributed by atoms with E-state index in [1.54, 1.807) is 0 Å². The van der Waals surface area contributed by atoms with Gasteiger partial charge in [0.15, 0.2) is 5.03 Å². The summed E-state index contributed by atoms with van der Waals surface area (Å²) in [6.07, 6.45) is 1.71. The Kier molecular flexibility index (Phi) is 2.70. The molecule has 6 heteroatoms. The van der Waals surface area contributed by atoms with Gasteiger partial charge >= 0.3 is 0 Å². The van der Waals surface area contributed by atoms with Crippen molar-refractivity contribution in [3.63, 3.8) is 0 Å². The number of sulfonamides is 1. The smallest absolute Gasteiger partial charge is 0.206 e. The van der Waals surface area contributed by atoms with E-state index in [4.69, 9.17) is 0 Å². The lowest BCUT2D eigenvalue weighted by Crippen LogP contribution is -2.28. The van der Waals surface area contributed by atoms with E-state index in [9.17, 15) is 12.8 Å². The molecule has 1 aromatic rings. The minimum atomic E-state index is -3.58. The molecular formula is C9H11FN2O2S. The third kappa shape index (κ3) is 2.00. The molecule has 1 aliphatic heterocycles. The summed E-state index contributed by atoms with van der Waals surface area (Å²) < 4.78 is 37.9. The molecule has 0 unspecified atom stereocenters. The first-order chi connectivity index (χ1) is 7.10. The van der Waals surface area contributed by atoms with Gasteiger partial charge in [-0.25, -0.2) is 13.4 Å². The van der Waals surface area contributed by atoms with Crippen molar-refractivity contribution in [2.45, 2.75) is 17.9 Å². The molecule has 1 fully saturated rings. The molecule has 1 aromatic heterocycles. The quantitative estimate of drug-likeness (QED) is 0.712. The molecular weight excluding hydrogens is 219 g/mol. The van der Waals surface area contributed by atoms with Crippen LogP contribution in [0.4, 0.5) is 4.39 Å². The first-order valence-electron chi connectivity index (χ1n) is 4.73. The first kappa shape index (κ1) is 10.5. The lowest BCUT2D eigenvalue weighted by molar-refractivity contribution is 0.470. The van der Waals surface area contributed by atoms with Gasteiger partial charge in [-0.3, -0.25) is 0 Å². The van der Waals surface area contributed by atoms with Crippen LogP contribution >= 0.6 is 0 Å². The fraction of sp³-hybridized carbons (Fsp3) is 0.444. The van der Waals surface area contributed by atoms with Crippen molar-refractivity contribution in [3.05, 3.63) is 24.1 Å².